The minimum Gasteiger partial charge on any atom is -0.463 e. The number of nitrogens with one attached hydrogen (secondary N) is 1. The number of hydrogen-bond donors (Lipinski definition) is 1. The Morgan fingerprint density at radius 2 is 2.00 bits per heavy atom. The van der Waals surface area contributed by atoms with Gasteiger partial charge in [0.2, 0.25) is 0 Å². The molecule has 0 aliphatic carbocycles. The van der Waals surface area contributed by atoms with Crippen molar-refractivity contribution in [2.24, 2.45) is 5.10 Å². The smallest absolute Gasteiger partial charge is 0.271 e. The second-order valence-corrected chi connectivity index (χ2v) is 4.49. The van der Waals surface area contributed by atoms with Crippen LogP contribution in [0.4, 0.5) is 0 Å². The predicted molar refractivity (Wildman–Crippen MR) is 74.3 cm³/mol. The molecular weight excluding hydrogens is 240 g/mol. The molecule has 0 saturated carbocycles. The van der Waals surface area contributed by atoms with Gasteiger partial charge in [-0.05, 0) is 35.7 Å². The van der Waals surface area contributed by atoms with Gasteiger partial charge in [0.1, 0.15) is 5.76 Å². The van der Waals surface area contributed by atoms with Crippen molar-refractivity contribution in [1.29, 1.82) is 0 Å². The molecule has 0 radical (unpaired) electrons. The number of benzene rings is 1. The fraction of sp³-hybridized carbons (Fsp3) is 0.200. The number of hydrazone groups is 1. The minimum atomic E-state index is -0.238. The van der Waals surface area contributed by atoms with Gasteiger partial charge in [0, 0.05) is 5.56 Å². The third kappa shape index (κ3) is 3.55. The summed E-state index contributed by atoms with van der Waals surface area (Å²) in [5.41, 5.74) is 4.24. The molecule has 0 aliphatic rings. The average Bonchev–Trinajstić information content (AvgIpc) is 2.92. The fourth-order valence-corrected chi connectivity index (χ4v) is 1.60. The summed E-state index contributed by atoms with van der Waals surface area (Å²) >= 11 is 0. The molecule has 4 nitrogen and oxygen atoms in total. The van der Waals surface area contributed by atoms with Crippen LogP contribution in [0.2, 0.25) is 0 Å². The van der Waals surface area contributed by atoms with E-state index in [-0.39, 0.29) is 5.91 Å². The highest BCUT2D eigenvalue weighted by molar-refractivity contribution is 5.94. The first-order valence-electron chi connectivity index (χ1n) is 6.13. The highest BCUT2D eigenvalue weighted by Crippen LogP contribution is 2.14. The van der Waals surface area contributed by atoms with Crippen LogP contribution < -0.4 is 5.43 Å². The van der Waals surface area contributed by atoms with E-state index >= 15 is 0 Å². The number of nitrogens with zero attached hydrogens (tertiary/aromatic N) is 1. The lowest BCUT2D eigenvalue weighted by Gasteiger charge is -2.05. The normalized spacial score (nSPS) is 11.1. The molecule has 1 aromatic carbocycles. The van der Waals surface area contributed by atoms with E-state index in [0.717, 1.165) is 0 Å². The van der Waals surface area contributed by atoms with Crippen molar-refractivity contribution in [2.45, 2.75) is 19.8 Å². The van der Waals surface area contributed by atoms with E-state index in [1.165, 1.54) is 11.8 Å². The third-order valence-corrected chi connectivity index (χ3v) is 2.74. The van der Waals surface area contributed by atoms with Crippen LogP contribution in [0.5, 0.6) is 0 Å². The summed E-state index contributed by atoms with van der Waals surface area (Å²) in [4.78, 5) is 11.8. The van der Waals surface area contributed by atoms with Crippen LogP contribution in [0.25, 0.3) is 0 Å². The monoisotopic (exact) mass is 256 g/mol. The number of rotatable bonds is 4. The molecule has 2 rings (SSSR count). The Hall–Kier alpha value is -2.36. The van der Waals surface area contributed by atoms with Crippen LogP contribution in [-0.4, -0.2) is 12.1 Å². The van der Waals surface area contributed by atoms with Gasteiger partial charge in [-0.3, -0.25) is 4.79 Å². The lowest BCUT2D eigenvalue weighted by atomic mass is 10.0. The summed E-state index contributed by atoms with van der Waals surface area (Å²) in [6.07, 6.45) is 3.01. The van der Waals surface area contributed by atoms with E-state index in [1.807, 2.05) is 12.1 Å². The minimum absolute atomic E-state index is 0.238. The Labute approximate surface area is 112 Å². The zero-order valence-corrected chi connectivity index (χ0v) is 11.0. The number of carbonyl (C=O) groups is 1. The standard InChI is InChI=1S/C15H16N2O2/c1-11(2)12-5-7-13(8-6-12)15(18)17-16-10-14-4-3-9-19-14/h3-11H,1-2H3,(H,17,18). The van der Waals surface area contributed by atoms with Crippen LogP contribution >= 0.6 is 0 Å². The maximum atomic E-state index is 11.8. The zero-order valence-electron chi connectivity index (χ0n) is 11.0. The highest BCUT2D eigenvalue weighted by atomic mass is 16.3. The first-order valence-corrected chi connectivity index (χ1v) is 6.13. The number of amides is 1. The summed E-state index contributed by atoms with van der Waals surface area (Å²) in [7, 11) is 0. The molecule has 1 heterocycles. The Balaban J connectivity index is 1.96. The van der Waals surface area contributed by atoms with Gasteiger partial charge in [-0.1, -0.05) is 26.0 Å². The molecule has 98 valence electrons. The molecule has 0 bridgehead atoms. The van der Waals surface area contributed by atoms with Crippen molar-refractivity contribution in [3.8, 4) is 0 Å². The van der Waals surface area contributed by atoms with Gasteiger partial charge in [0.25, 0.3) is 5.91 Å². The summed E-state index contributed by atoms with van der Waals surface area (Å²) in [6, 6.07) is 11.0. The molecule has 0 aliphatic heterocycles. The van der Waals surface area contributed by atoms with E-state index in [9.17, 15) is 4.79 Å². The summed E-state index contributed by atoms with van der Waals surface area (Å²) in [5.74, 6) is 0.808. The average molecular weight is 256 g/mol. The van der Waals surface area contributed by atoms with Crippen molar-refractivity contribution in [2.75, 3.05) is 0 Å². The van der Waals surface area contributed by atoms with Crippen molar-refractivity contribution in [3.05, 3.63) is 59.5 Å². The molecule has 19 heavy (non-hydrogen) atoms. The number of carbonyl (C=O) groups excluding carboxylic acids is 1. The van der Waals surface area contributed by atoms with Crippen molar-refractivity contribution >= 4 is 12.1 Å². The van der Waals surface area contributed by atoms with Gasteiger partial charge >= 0.3 is 0 Å². The van der Waals surface area contributed by atoms with E-state index in [2.05, 4.69) is 24.4 Å². The second kappa shape index (κ2) is 6.00. The van der Waals surface area contributed by atoms with Crippen LogP contribution in [0, 0.1) is 0 Å². The third-order valence-electron chi connectivity index (χ3n) is 2.74. The Kier molecular flexibility index (Phi) is 4.13. The van der Waals surface area contributed by atoms with Crippen LogP contribution in [0.3, 0.4) is 0 Å². The Morgan fingerprint density at radius 1 is 1.26 bits per heavy atom. The molecule has 0 saturated heterocycles. The quantitative estimate of drug-likeness (QED) is 0.674. The SMILES string of the molecule is CC(C)c1ccc(C(=O)NN=Cc2ccco2)cc1. The topological polar surface area (TPSA) is 54.6 Å². The Bertz CT molecular complexity index is 554. The highest BCUT2D eigenvalue weighted by Gasteiger charge is 2.05. The van der Waals surface area contributed by atoms with Gasteiger partial charge in [-0.15, -0.1) is 0 Å². The largest absolute Gasteiger partial charge is 0.463 e. The number of hydrogen-bond acceptors (Lipinski definition) is 3. The van der Waals surface area contributed by atoms with E-state index in [0.29, 0.717) is 17.2 Å². The van der Waals surface area contributed by atoms with Gasteiger partial charge in [0.15, 0.2) is 0 Å². The molecule has 1 N–H and O–H groups in total. The van der Waals surface area contributed by atoms with E-state index < -0.39 is 0 Å². The predicted octanol–water partition coefficient (Wildman–Crippen LogP) is 3.17. The first-order chi connectivity index (χ1) is 9.16. The van der Waals surface area contributed by atoms with Crippen molar-refractivity contribution in [1.82, 2.24) is 5.43 Å². The lowest BCUT2D eigenvalue weighted by Crippen LogP contribution is -2.17. The van der Waals surface area contributed by atoms with Crippen LogP contribution in [0.15, 0.2) is 52.2 Å². The number of furan rings is 1. The van der Waals surface area contributed by atoms with Crippen molar-refractivity contribution in [3.63, 3.8) is 0 Å². The molecule has 0 fully saturated rings. The zero-order chi connectivity index (χ0) is 13.7. The van der Waals surface area contributed by atoms with Crippen LogP contribution in [-0.2, 0) is 0 Å². The van der Waals surface area contributed by atoms with Gasteiger partial charge in [0.05, 0.1) is 12.5 Å². The second-order valence-electron chi connectivity index (χ2n) is 4.49. The first kappa shape index (κ1) is 13.1. The van der Waals surface area contributed by atoms with Gasteiger partial charge in [-0.25, -0.2) is 5.43 Å². The van der Waals surface area contributed by atoms with E-state index in [4.69, 9.17) is 4.42 Å². The van der Waals surface area contributed by atoms with Crippen LogP contribution in [0.1, 0.15) is 41.4 Å². The molecular formula is C15H16N2O2. The van der Waals surface area contributed by atoms with Crippen molar-refractivity contribution < 1.29 is 9.21 Å². The molecule has 0 atom stereocenters. The van der Waals surface area contributed by atoms with E-state index in [1.54, 1.807) is 30.5 Å². The molecule has 0 spiro atoms. The molecule has 1 amide bonds. The molecule has 0 unspecified atom stereocenters. The van der Waals surface area contributed by atoms with Gasteiger partial charge in [-0.2, -0.15) is 5.10 Å². The summed E-state index contributed by atoms with van der Waals surface area (Å²) in [5, 5.41) is 3.83. The maximum absolute atomic E-state index is 11.8. The fourth-order valence-electron chi connectivity index (χ4n) is 1.60. The Morgan fingerprint density at radius 3 is 2.58 bits per heavy atom. The molecule has 4 heteroatoms. The summed E-state index contributed by atoms with van der Waals surface area (Å²) < 4.78 is 5.06. The maximum Gasteiger partial charge on any atom is 0.271 e. The van der Waals surface area contributed by atoms with Gasteiger partial charge < -0.3 is 4.42 Å². The molecule has 1 aromatic heterocycles. The molecule has 2 aromatic rings. The summed E-state index contributed by atoms with van der Waals surface area (Å²) in [6.45, 7) is 4.23. The lowest BCUT2D eigenvalue weighted by molar-refractivity contribution is 0.0955.